The Balaban J connectivity index is 0.000000606. The van der Waals surface area contributed by atoms with E-state index < -0.39 is 0 Å². The number of thiophene rings is 1. The van der Waals surface area contributed by atoms with Crippen molar-refractivity contribution in [2.24, 2.45) is 0 Å². The van der Waals surface area contributed by atoms with Crippen molar-refractivity contribution in [3.8, 4) is 0 Å². The van der Waals surface area contributed by atoms with E-state index in [4.69, 9.17) is 0 Å². The van der Waals surface area contributed by atoms with Crippen molar-refractivity contribution in [2.45, 2.75) is 19.6 Å². The van der Waals surface area contributed by atoms with Crippen molar-refractivity contribution in [1.29, 1.82) is 0 Å². The summed E-state index contributed by atoms with van der Waals surface area (Å²) < 4.78 is 0. The molecule has 0 amide bonds. The molecular weight excluding hydrogens is 238 g/mol. The second-order valence-electron chi connectivity index (χ2n) is 3.33. The molecular formula is C12H17NOS2. The quantitative estimate of drug-likeness (QED) is 0.715. The Labute approximate surface area is 105 Å². The topological polar surface area (TPSA) is 20.3 Å². The van der Waals surface area contributed by atoms with E-state index in [0.29, 0.717) is 0 Å². The van der Waals surface area contributed by atoms with Crippen LogP contribution in [-0.4, -0.2) is 24.8 Å². The molecule has 0 unspecified atom stereocenters. The van der Waals surface area contributed by atoms with Gasteiger partial charge in [-0.1, -0.05) is 13.8 Å². The number of hydrogen-bond acceptors (Lipinski definition) is 4. The van der Waals surface area contributed by atoms with Gasteiger partial charge in [0.05, 0.1) is 4.91 Å². The van der Waals surface area contributed by atoms with Crippen LogP contribution < -0.4 is 0 Å². The van der Waals surface area contributed by atoms with Crippen LogP contribution in [-0.2, 0) is 5.75 Å². The van der Waals surface area contributed by atoms with Crippen molar-refractivity contribution >= 4 is 28.9 Å². The Hall–Kier alpha value is -0.740. The lowest BCUT2D eigenvalue weighted by Gasteiger charge is -2.15. The fourth-order valence-corrected chi connectivity index (χ4v) is 3.40. The van der Waals surface area contributed by atoms with E-state index in [9.17, 15) is 4.79 Å². The number of carbonyl (C=O) groups is 1. The first-order chi connectivity index (χ1) is 7.68. The monoisotopic (exact) mass is 255 g/mol. The Morgan fingerprint density at radius 2 is 2.06 bits per heavy atom. The first-order valence-corrected chi connectivity index (χ1v) is 7.17. The molecule has 2 nitrogen and oxygen atoms in total. The SMILES string of the molecule is CC.CN(C)/C=C1/SCc2sccc2C1=O. The Bertz CT molecular complexity index is 393. The summed E-state index contributed by atoms with van der Waals surface area (Å²) in [4.78, 5) is 15.9. The number of ketones is 1. The van der Waals surface area contributed by atoms with E-state index in [2.05, 4.69) is 0 Å². The van der Waals surface area contributed by atoms with Gasteiger partial charge in [0.25, 0.3) is 0 Å². The first-order valence-electron chi connectivity index (χ1n) is 5.30. The van der Waals surface area contributed by atoms with Crippen molar-refractivity contribution < 1.29 is 4.79 Å². The number of allylic oxidation sites excluding steroid dienone is 1. The molecule has 0 saturated carbocycles. The van der Waals surface area contributed by atoms with E-state index in [1.165, 1.54) is 4.88 Å². The molecule has 4 heteroatoms. The molecule has 1 aliphatic rings. The zero-order chi connectivity index (χ0) is 12.1. The molecule has 0 aliphatic carbocycles. The average Bonchev–Trinajstić information content (AvgIpc) is 2.73. The molecule has 2 rings (SSSR count). The van der Waals surface area contributed by atoms with Crippen molar-refractivity contribution in [1.82, 2.24) is 4.90 Å². The third-order valence-corrected chi connectivity index (χ3v) is 4.09. The second-order valence-corrected chi connectivity index (χ2v) is 5.35. The Morgan fingerprint density at radius 1 is 1.38 bits per heavy atom. The highest BCUT2D eigenvalue weighted by Gasteiger charge is 2.23. The summed E-state index contributed by atoms with van der Waals surface area (Å²) in [6.45, 7) is 4.00. The van der Waals surface area contributed by atoms with E-state index in [1.807, 2.05) is 50.5 Å². The maximum absolute atomic E-state index is 11.9. The van der Waals surface area contributed by atoms with E-state index in [-0.39, 0.29) is 5.78 Å². The van der Waals surface area contributed by atoms with E-state index in [1.54, 1.807) is 23.1 Å². The standard InChI is InChI=1S/C10H11NOS2.C2H6/c1-11(2)5-8-10(12)7-3-4-13-9(7)6-14-8;1-2/h3-5H,6H2,1-2H3;1-2H3/b8-5+;. The Morgan fingerprint density at radius 3 is 2.69 bits per heavy atom. The predicted octanol–water partition coefficient (Wildman–Crippen LogP) is 3.61. The van der Waals surface area contributed by atoms with Crippen LogP contribution >= 0.6 is 23.1 Å². The molecule has 0 bridgehead atoms. The number of fused-ring (bicyclic) bond motifs is 1. The number of hydrogen-bond donors (Lipinski definition) is 0. The summed E-state index contributed by atoms with van der Waals surface area (Å²) in [7, 11) is 3.87. The van der Waals surface area contributed by atoms with Crippen LogP contribution in [0.5, 0.6) is 0 Å². The summed E-state index contributed by atoms with van der Waals surface area (Å²) in [6.07, 6.45) is 1.90. The largest absolute Gasteiger partial charge is 0.382 e. The number of thioether (sulfide) groups is 1. The molecule has 0 atom stereocenters. The van der Waals surface area contributed by atoms with Gasteiger partial charge in [-0.25, -0.2) is 0 Å². The van der Waals surface area contributed by atoms with Gasteiger partial charge in [-0.3, -0.25) is 4.79 Å². The molecule has 2 heterocycles. The minimum absolute atomic E-state index is 0.172. The summed E-state index contributed by atoms with van der Waals surface area (Å²) in [5.41, 5.74) is 0.891. The molecule has 0 fully saturated rings. The van der Waals surface area contributed by atoms with Crippen LogP contribution in [0.15, 0.2) is 22.6 Å². The first kappa shape index (κ1) is 13.3. The van der Waals surface area contributed by atoms with Crippen LogP contribution in [0, 0.1) is 0 Å². The molecule has 0 aromatic carbocycles. The molecule has 1 aromatic heterocycles. The van der Waals surface area contributed by atoms with Crippen molar-refractivity contribution in [3.63, 3.8) is 0 Å². The van der Waals surface area contributed by atoms with Gasteiger partial charge in [0.2, 0.25) is 5.78 Å². The maximum Gasteiger partial charge on any atom is 0.201 e. The molecule has 0 N–H and O–H groups in total. The highest BCUT2D eigenvalue weighted by Crippen LogP contribution is 2.35. The van der Waals surface area contributed by atoms with Gasteiger partial charge >= 0.3 is 0 Å². The minimum atomic E-state index is 0.172. The van der Waals surface area contributed by atoms with Crippen LogP contribution in [0.4, 0.5) is 0 Å². The lowest BCUT2D eigenvalue weighted by molar-refractivity contribution is 0.104. The summed E-state index contributed by atoms with van der Waals surface area (Å²) in [5, 5.41) is 1.99. The van der Waals surface area contributed by atoms with Gasteiger partial charge < -0.3 is 4.90 Å². The van der Waals surface area contributed by atoms with Gasteiger partial charge in [-0.2, -0.15) is 0 Å². The lowest BCUT2D eigenvalue weighted by atomic mass is 10.1. The number of nitrogens with zero attached hydrogens (tertiary/aromatic N) is 1. The molecule has 1 aromatic rings. The van der Waals surface area contributed by atoms with Gasteiger partial charge in [0.1, 0.15) is 0 Å². The van der Waals surface area contributed by atoms with Gasteiger partial charge in [0, 0.05) is 36.5 Å². The highest BCUT2D eigenvalue weighted by atomic mass is 32.2. The third-order valence-electron chi connectivity index (χ3n) is 1.95. The maximum atomic E-state index is 11.9. The summed E-state index contributed by atoms with van der Waals surface area (Å²) in [6, 6.07) is 1.92. The number of carbonyl (C=O) groups excluding carboxylic acids is 1. The van der Waals surface area contributed by atoms with E-state index in [0.717, 1.165) is 16.2 Å². The normalized spacial score (nSPS) is 16.5. The van der Waals surface area contributed by atoms with Gasteiger partial charge in [-0.05, 0) is 11.4 Å². The van der Waals surface area contributed by atoms with Gasteiger partial charge in [-0.15, -0.1) is 23.1 Å². The minimum Gasteiger partial charge on any atom is -0.382 e. The molecule has 0 saturated heterocycles. The molecule has 16 heavy (non-hydrogen) atoms. The molecule has 0 spiro atoms. The average molecular weight is 255 g/mol. The predicted molar refractivity (Wildman–Crippen MR) is 73.1 cm³/mol. The fraction of sp³-hybridized carbons (Fsp3) is 0.417. The zero-order valence-corrected chi connectivity index (χ0v) is 11.7. The van der Waals surface area contributed by atoms with Crippen LogP contribution in [0.25, 0.3) is 0 Å². The molecule has 0 radical (unpaired) electrons. The third kappa shape index (κ3) is 2.89. The van der Waals surface area contributed by atoms with Crippen molar-refractivity contribution in [2.75, 3.05) is 14.1 Å². The molecule has 1 aliphatic heterocycles. The molecule has 88 valence electrons. The van der Waals surface area contributed by atoms with Crippen molar-refractivity contribution in [3.05, 3.63) is 33.0 Å². The van der Waals surface area contributed by atoms with Gasteiger partial charge in [0.15, 0.2) is 0 Å². The summed E-state index contributed by atoms with van der Waals surface area (Å²) in [5.74, 6) is 1.10. The smallest absolute Gasteiger partial charge is 0.201 e. The van der Waals surface area contributed by atoms with Crippen LogP contribution in [0.3, 0.4) is 0 Å². The zero-order valence-electron chi connectivity index (χ0n) is 10.1. The lowest BCUT2D eigenvalue weighted by Crippen LogP contribution is -2.11. The fourth-order valence-electron chi connectivity index (χ4n) is 1.33. The van der Waals surface area contributed by atoms with Crippen LogP contribution in [0.1, 0.15) is 29.1 Å². The second kappa shape index (κ2) is 6.11. The number of Topliss-reactive ketones (excluding diaryl/α,β-unsaturated/α-hetero) is 1. The Kier molecular flexibility index (Phi) is 5.09. The van der Waals surface area contributed by atoms with Crippen LogP contribution in [0.2, 0.25) is 0 Å². The van der Waals surface area contributed by atoms with E-state index >= 15 is 0 Å². The summed E-state index contributed by atoms with van der Waals surface area (Å²) >= 11 is 3.29. The highest BCUT2D eigenvalue weighted by molar-refractivity contribution is 8.03. The number of rotatable bonds is 1.